The Bertz CT molecular complexity index is 460. The van der Waals surface area contributed by atoms with Crippen molar-refractivity contribution in [3.63, 3.8) is 0 Å². The average Bonchev–Trinajstić information content (AvgIpc) is 2.47. The molecule has 0 aromatic heterocycles. The summed E-state index contributed by atoms with van der Waals surface area (Å²) in [7, 11) is 0. The number of benzene rings is 1. The van der Waals surface area contributed by atoms with Crippen molar-refractivity contribution < 1.29 is 4.79 Å². The van der Waals surface area contributed by atoms with E-state index in [1.54, 1.807) is 6.92 Å². The van der Waals surface area contributed by atoms with E-state index in [0.29, 0.717) is 0 Å². The van der Waals surface area contributed by atoms with E-state index in [1.807, 2.05) is 35.2 Å². The standard InChI is InChI=1S/C14H15NO/c1-3-12-7-6-10-15(11(2)16)14-9-5-4-8-13(12)14/h3-5,7-9H,1,6,10H2,2H3. The van der Waals surface area contributed by atoms with Gasteiger partial charge in [0.2, 0.25) is 5.91 Å². The van der Waals surface area contributed by atoms with Crippen LogP contribution in [-0.2, 0) is 4.79 Å². The second-order valence-corrected chi connectivity index (χ2v) is 3.84. The molecule has 2 heteroatoms. The van der Waals surface area contributed by atoms with E-state index in [4.69, 9.17) is 0 Å². The van der Waals surface area contributed by atoms with Gasteiger partial charge in [-0.25, -0.2) is 0 Å². The third kappa shape index (κ3) is 1.78. The largest absolute Gasteiger partial charge is 0.312 e. The van der Waals surface area contributed by atoms with Crippen molar-refractivity contribution in [1.82, 2.24) is 0 Å². The van der Waals surface area contributed by atoms with Crippen molar-refractivity contribution in [2.45, 2.75) is 13.3 Å². The highest BCUT2D eigenvalue weighted by Crippen LogP contribution is 2.30. The lowest BCUT2D eigenvalue weighted by Crippen LogP contribution is -2.29. The first-order valence-corrected chi connectivity index (χ1v) is 5.44. The molecule has 1 aliphatic heterocycles. The van der Waals surface area contributed by atoms with Crippen LogP contribution >= 0.6 is 0 Å². The van der Waals surface area contributed by atoms with Crippen LogP contribution in [0.15, 0.2) is 43.0 Å². The number of para-hydroxylation sites is 1. The number of rotatable bonds is 1. The molecule has 16 heavy (non-hydrogen) atoms. The molecule has 0 N–H and O–H groups in total. The highest BCUT2D eigenvalue weighted by Gasteiger charge is 2.17. The minimum absolute atomic E-state index is 0.0890. The SMILES string of the molecule is C=CC1=CCCN(C(C)=O)c2ccccc21. The molecule has 0 saturated heterocycles. The fraction of sp³-hybridized carbons (Fsp3) is 0.214. The number of fused-ring (bicyclic) bond motifs is 1. The maximum absolute atomic E-state index is 11.6. The van der Waals surface area contributed by atoms with E-state index in [1.165, 1.54) is 0 Å². The van der Waals surface area contributed by atoms with E-state index in [9.17, 15) is 4.79 Å². The van der Waals surface area contributed by atoms with Crippen LogP contribution in [0.3, 0.4) is 0 Å². The number of nitrogens with zero attached hydrogens (tertiary/aromatic N) is 1. The molecule has 0 bridgehead atoms. The molecule has 1 amide bonds. The normalized spacial score (nSPS) is 14.8. The summed E-state index contributed by atoms with van der Waals surface area (Å²) in [6.07, 6.45) is 4.85. The van der Waals surface area contributed by atoms with Gasteiger partial charge in [0.15, 0.2) is 0 Å². The summed E-state index contributed by atoms with van der Waals surface area (Å²) < 4.78 is 0. The van der Waals surface area contributed by atoms with Crippen LogP contribution in [-0.4, -0.2) is 12.5 Å². The smallest absolute Gasteiger partial charge is 0.223 e. The molecule has 82 valence electrons. The maximum Gasteiger partial charge on any atom is 0.223 e. The maximum atomic E-state index is 11.6. The Labute approximate surface area is 95.9 Å². The third-order valence-electron chi connectivity index (χ3n) is 2.82. The van der Waals surface area contributed by atoms with Gasteiger partial charge in [-0.1, -0.05) is 36.9 Å². The molecule has 1 aromatic carbocycles. The van der Waals surface area contributed by atoms with Gasteiger partial charge >= 0.3 is 0 Å². The first kappa shape index (κ1) is 10.7. The van der Waals surface area contributed by atoms with Crippen molar-refractivity contribution in [2.75, 3.05) is 11.4 Å². The summed E-state index contributed by atoms with van der Waals surface area (Å²) in [5.74, 6) is 0.0890. The second-order valence-electron chi connectivity index (χ2n) is 3.84. The Morgan fingerprint density at radius 3 is 2.88 bits per heavy atom. The van der Waals surface area contributed by atoms with Crippen LogP contribution in [0, 0.1) is 0 Å². The van der Waals surface area contributed by atoms with Crippen LogP contribution in [0.2, 0.25) is 0 Å². The van der Waals surface area contributed by atoms with Crippen molar-refractivity contribution in [2.24, 2.45) is 0 Å². The molecule has 1 aromatic rings. The first-order chi connectivity index (χ1) is 7.74. The van der Waals surface area contributed by atoms with Gasteiger partial charge in [-0.2, -0.15) is 0 Å². The summed E-state index contributed by atoms with van der Waals surface area (Å²) in [4.78, 5) is 13.4. The van der Waals surface area contributed by atoms with Gasteiger partial charge in [0, 0.05) is 19.0 Å². The highest BCUT2D eigenvalue weighted by atomic mass is 16.2. The molecule has 0 atom stereocenters. The molecule has 0 aliphatic carbocycles. The van der Waals surface area contributed by atoms with E-state index in [0.717, 1.165) is 29.8 Å². The van der Waals surface area contributed by atoms with Gasteiger partial charge in [-0.3, -0.25) is 4.79 Å². The number of hydrogen-bond acceptors (Lipinski definition) is 1. The van der Waals surface area contributed by atoms with E-state index >= 15 is 0 Å². The zero-order valence-corrected chi connectivity index (χ0v) is 9.44. The van der Waals surface area contributed by atoms with Crippen LogP contribution < -0.4 is 4.90 Å². The molecule has 2 rings (SSSR count). The fourth-order valence-electron chi connectivity index (χ4n) is 2.05. The lowest BCUT2D eigenvalue weighted by Gasteiger charge is -2.21. The van der Waals surface area contributed by atoms with Crippen LogP contribution in [0.5, 0.6) is 0 Å². The summed E-state index contributed by atoms with van der Waals surface area (Å²) in [5.41, 5.74) is 3.18. The van der Waals surface area contributed by atoms with Crippen LogP contribution in [0.25, 0.3) is 5.57 Å². The summed E-state index contributed by atoms with van der Waals surface area (Å²) in [5, 5.41) is 0. The van der Waals surface area contributed by atoms with Crippen molar-refractivity contribution >= 4 is 17.2 Å². The number of allylic oxidation sites excluding steroid dienone is 2. The highest BCUT2D eigenvalue weighted by molar-refractivity contribution is 5.96. The van der Waals surface area contributed by atoms with Gasteiger partial charge in [-0.15, -0.1) is 0 Å². The fourth-order valence-corrected chi connectivity index (χ4v) is 2.05. The minimum Gasteiger partial charge on any atom is -0.312 e. The number of carbonyl (C=O) groups is 1. The van der Waals surface area contributed by atoms with Crippen LogP contribution in [0.4, 0.5) is 5.69 Å². The predicted octanol–water partition coefficient (Wildman–Crippen LogP) is 3.01. The lowest BCUT2D eigenvalue weighted by atomic mass is 10.0. The minimum atomic E-state index is 0.0890. The average molecular weight is 213 g/mol. The molecule has 2 nitrogen and oxygen atoms in total. The molecular weight excluding hydrogens is 198 g/mol. The molecule has 0 saturated carbocycles. The van der Waals surface area contributed by atoms with E-state index in [-0.39, 0.29) is 5.91 Å². The molecule has 0 unspecified atom stereocenters. The topological polar surface area (TPSA) is 20.3 Å². The summed E-state index contributed by atoms with van der Waals surface area (Å²) >= 11 is 0. The van der Waals surface area contributed by atoms with Crippen molar-refractivity contribution in [1.29, 1.82) is 0 Å². The Balaban J connectivity index is 2.57. The van der Waals surface area contributed by atoms with Gasteiger partial charge in [0.1, 0.15) is 0 Å². The van der Waals surface area contributed by atoms with Crippen molar-refractivity contribution in [3.05, 3.63) is 48.6 Å². The Hall–Kier alpha value is -1.83. The summed E-state index contributed by atoms with van der Waals surface area (Å²) in [6.45, 7) is 6.17. The Morgan fingerprint density at radius 2 is 2.19 bits per heavy atom. The predicted molar refractivity (Wildman–Crippen MR) is 67.3 cm³/mol. The third-order valence-corrected chi connectivity index (χ3v) is 2.82. The second kappa shape index (κ2) is 4.35. The Kier molecular flexibility index (Phi) is 2.91. The van der Waals surface area contributed by atoms with Gasteiger partial charge in [-0.05, 0) is 18.1 Å². The van der Waals surface area contributed by atoms with E-state index in [2.05, 4.69) is 12.7 Å². The van der Waals surface area contributed by atoms with Gasteiger partial charge in [0.05, 0.1) is 5.69 Å². The quantitative estimate of drug-likeness (QED) is 0.702. The van der Waals surface area contributed by atoms with E-state index < -0.39 is 0 Å². The zero-order valence-electron chi connectivity index (χ0n) is 9.44. The molecule has 1 aliphatic rings. The van der Waals surface area contributed by atoms with Crippen molar-refractivity contribution in [3.8, 4) is 0 Å². The number of anilines is 1. The first-order valence-electron chi connectivity index (χ1n) is 5.44. The Morgan fingerprint density at radius 1 is 1.44 bits per heavy atom. The van der Waals surface area contributed by atoms with Gasteiger partial charge in [0.25, 0.3) is 0 Å². The lowest BCUT2D eigenvalue weighted by molar-refractivity contribution is -0.116. The number of hydrogen-bond donors (Lipinski definition) is 0. The zero-order chi connectivity index (χ0) is 11.5. The number of amides is 1. The molecule has 1 heterocycles. The van der Waals surface area contributed by atoms with Crippen LogP contribution in [0.1, 0.15) is 18.9 Å². The molecule has 0 radical (unpaired) electrons. The number of carbonyl (C=O) groups excluding carboxylic acids is 1. The molecule has 0 spiro atoms. The van der Waals surface area contributed by atoms with Gasteiger partial charge < -0.3 is 4.90 Å². The monoisotopic (exact) mass is 213 g/mol. The molecule has 0 fully saturated rings. The molecular formula is C14H15NO. The summed E-state index contributed by atoms with van der Waals surface area (Å²) in [6, 6.07) is 7.96.